The second kappa shape index (κ2) is 10.2. The van der Waals surface area contributed by atoms with Gasteiger partial charge in [-0.3, -0.25) is 4.79 Å². The molecule has 0 radical (unpaired) electrons. The molecule has 0 fully saturated rings. The quantitative estimate of drug-likeness (QED) is 0.220. The molecule has 0 bridgehead atoms. The number of hydrogen-bond acceptors (Lipinski definition) is 4. The van der Waals surface area contributed by atoms with Crippen LogP contribution in [-0.4, -0.2) is 18.8 Å². The number of nitrogens with one attached hydrogen (secondary N) is 1. The molecule has 1 amide bonds. The molecule has 3 aromatic carbocycles. The summed E-state index contributed by atoms with van der Waals surface area (Å²) in [5.74, 6) is 0.566. The number of amides is 1. The maximum absolute atomic E-state index is 12.9. The summed E-state index contributed by atoms with van der Waals surface area (Å²) in [7, 11) is 0. The van der Waals surface area contributed by atoms with Crippen molar-refractivity contribution < 1.29 is 13.9 Å². The highest BCUT2D eigenvalue weighted by atomic mass is 32.2. The van der Waals surface area contributed by atoms with E-state index in [0.717, 1.165) is 55.1 Å². The number of rotatable bonds is 7. The first-order valence-corrected chi connectivity index (χ1v) is 12.5. The van der Waals surface area contributed by atoms with Crippen LogP contribution in [0.3, 0.4) is 0 Å². The van der Waals surface area contributed by atoms with Crippen LogP contribution in [0, 0.1) is 13.8 Å². The van der Waals surface area contributed by atoms with E-state index in [1.165, 1.54) is 5.56 Å². The van der Waals surface area contributed by atoms with Crippen molar-refractivity contribution in [3.8, 4) is 16.9 Å². The Hall–Kier alpha value is -3.44. The van der Waals surface area contributed by atoms with Crippen molar-refractivity contribution in [2.45, 2.75) is 32.6 Å². The molecule has 4 aromatic rings. The lowest BCUT2D eigenvalue weighted by molar-refractivity contribution is -0.111. The van der Waals surface area contributed by atoms with Crippen molar-refractivity contribution in [1.29, 1.82) is 0 Å². The van der Waals surface area contributed by atoms with Gasteiger partial charge >= 0.3 is 0 Å². The summed E-state index contributed by atoms with van der Waals surface area (Å²) in [6, 6.07) is 18.3. The van der Waals surface area contributed by atoms with Gasteiger partial charge in [0.2, 0.25) is 5.91 Å². The predicted octanol–water partition coefficient (Wildman–Crippen LogP) is 7.88. The maximum atomic E-state index is 12.9. The van der Waals surface area contributed by atoms with Crippen LogP contribution in [0.2, 0.25) is 0 Å². The Bertz CT molecular complexity index is 1370. The first-order chi connectivity index (χ1) is 16.4. The van der Waals surface area contributed by atoms with Crippen LogP contribution in [0.1, 0.15) is 30.5 Å². The van der Waals surface area contributed by atoms with Gasteiger partial charge in [-0.1, -0.05) is 42.0 Å². The van der Waals surface area contributed by atoms with Crippen LogP contribution in [0.15, 0.2) is 76.2 Å². The molecule has 0 unspecified atom stereocenters. The number of aryl methyl sites for hydroxylation is 2. The van der Waals surface area contributed by atoms with Gasteiger partial charge in [0.05, 0.1) is 18.6 Å². The van der Waals surface area contributed by atoms with Gasteiger partial charge in [-0.05, 0) is 63.3 Å². The third-order valence-electron chi connectivity index (χ3n) is 5.83. The molecular weight excluding hydrogens is 442 g/mol. The minimum absolute atomic E-state index is 0.176. The summed E-state index contributed by atoms with van der Waals surface area (Å²) in [6.45, 7) is 8.49. The third kappa shape index (κ3) is 4.75. The van der Waals surface area contributed by atoms with Crippen molar-refractivity contribution in [2.75, 3.05) is 18.2 Å². The maximum Gasteiger partial charge on any atom is 0.248 e. The molecule has 1 N–H and O–H groups in total. The first kappa shape index (κ1) is 23.7. The number of benzene rings is 3. The average molecular weight is 472 g/mol. The fourth-order valence-electron chi connectivity index (χ4n) is 4.09. The fourth-order valence-corrected chi connectivity index (χ4v) is 4.64. The number of anilines is 1. The number of allylic oxidation sites excluding steroid dienone is 1. The van der Waals surface area contributed by atoms with Crippen molar-refractivity contribution >= 4 is 39.9 Å². The van der Waals surface area contributed by atoms with Gasteiger partial charge in [-0.25, -0.2) is 0 Å². The Morgan fingerprint density at radius 3 is 2.56 bits per heavy atom. The summed E-state index contributed by atoms with van der Waals surface area (Å²) >= 11 is 1.60. The molecule has 0 aliphatic carbocycles. The van der Waals surface area contributed by atoms with Gasteiger partial charge in [0.1, 0.15) is 11.3 Å². The van der Waals surface area contributed by atoms with Gasteiger partial charge in [0.15, 0.2) is 0 Å². The Morgan fingerprint density at radius 1 is 1.12 bits per heavy atom. The van der Waals surface area contributed by atoms with Gasteiger partial charge in [0.25, 0.3) is 0 Å². The molecule has 0 saturated carbocycles. The van der Waals surface area contributed by atoms with E-state index in [9.17, 15) is 4.79 Å². The molecule has 4 rings (SSSR count). The molecule has 1 aromatic heterocycles. The van der Waals surface area contributed by atoms with Crippen molar-refractivity contribution in [3.05, 3.63) is 83.6 Å². The fraction of sp³-hybridized carbons (Fsp3) is 0.207. The number of fused-ring (bicyclic) bond motifs is 1. The summed E-state index contributed by atoms with van der Waals surface area (Å²) in [4.78, 5) is 13.9. The highest BCUT2D eigenvalue weighted by Crippen LogP contribution is 2.41. The molecule has 174 valence electrons. The average Bonchev–Trinajstić information content (AvgIpc) is 3.26. The molecule has 0 atom stereocenters. The zero-order chi connectivity index (χ0) is 24.2. The number of furan rings is 1. The van der Waals surface area contributed by atoms with E-state index in [4.69, 9.17) is 9.15 Å². The summed E-state index contributed by atoms with van der Waals surface area (Å²) in [5, 5.41) is 4.01. The molecule has 0 aliphatic rings. The lowest BCUT2D eigenvalue weighted by Gasteiger charge is -2.15. The predicted molar refractivity (Wildman–Crippen MR) is 143 cm³/mol. The minimum Gasteiger partial charge on any atom is -0.493 e. The van der Waals surface area contributed by atoms with Crippen LogP contribution in [0.5, 0.6) is 5.75 Å². The number of para-hydroxylation sites is 1. The van der Waals surface area contributed by atoms with Gasteiger partial charge in [-0.15, -0.1) is 11.8 Å². The van der Waals surface area contributed by atoms with Gasteiger partial charge in [0, 0.05) is 33.0 Å². The van der Waals surface area contributed by atoms with E-state index in [0.29, 0.717) is 6.61 Å². The van der Waals surface area contributed by atoms with E-state index < -0.39 is 0 Å². The van der Waals surface area contributed by atoms with Crippen LogP contribution in [0.4, 0.5) is 5.69 Å². The normalized spacial score (nSPS) is 11.6. The van der Waals surface area contributed by atoms with Gasteiger partial charge < -0.3 is 14.5 Å². The van der Waals surface area contributed by atoms with E-state index >= 15 is 0 Å². The van der Waals surface area contributed by atoms with Crippen LogP contribution in [-0.2, 0) is 4.79 Å². The second-order valence-electron chi connectivity index (χ2n) is 8.22. The first-order valence-electron chi connectivity index (χ1n) is 11.3. The lowest BCUT2D eigenvalue weighted by atomic mass is 9.96. The zero-order valence-electron chi connectivity index (χ0n) is 20.2. The van der Waals surface area contributed by atoms with E-state index in [1.54, 1.807) is 24.1 Å². The second-order valence-corrected chi connectivity index (χ2v) is 9.07. The molecule has 34 heavy (non-hydrogen) atoms. The molecular formula is C29H29NO3S. The van der Waals surface area contributed by atoms with Crippen LogP contribution in [0.25, 0.3) is 27.7 Å². The molecule has 1 heterocycles. The highest BCUT2D eigenvalue weighted by molar-refractivity contribution is 7.98. The Kier molecular flexibility index (Phi) is 7.13. The van der Waals surface area contributed by atoms with E-state index in [1.807, 2.05) is 51.3 Å². The number of ether oxygens (including phenoxy) is 1. The monoisotopic (exact) mass is 471 g/mol. The summed E-state index contributed by atoms with van der Waals surface area (Å²) in [5.41, 5.74) is 7.55. The van der Waals surface area contributed by atoms with Crippen LogP contribution < -0.4 is 10.1 Å². The van der Waals surface area contributed by atoms with E-state index in [-0.39, 0.29) is 5.91 Å². The summed E-state index contributed by atoms with van der Waals surface area (Å²) < 4.78 is 12.0. The highest BCUT2D eigenvalue weighted by Gasteiger charge is 2.19. The Balaban J connectivity index is 1.77. The minimum atomic E-state index is -0.176. The SMILES string of the molecule is CCOc1c(/C(C)=C/C(=O)Nc2ccccc2SC)cc2c(-c3ccc(C)cc3)coc2c1C. The molecule has 0 spiro atoms. The van der Waals surface area contributed by atoms with E-state index in [2.05, 4.69) is 42.6 Å². The number of carbonyl (C=O) groups excluding carboxylic acids is 1. The molecule has 4 nitrogen and oxygen atoms in total. The standard InChI is InChI=1S/C29H29NO3S/c1-6-32-28-20(4)29-23(24(17-33-29)21-13-11-18(2)12-14-21)16-22(28)19(3)15-27(31)30-25-9-7-8-10-26(25)34-5/h7-17H,6H2,1-5H3,(H,30,31)/b19-15+. The topological polar surface area (TPSA) is 51.5 Å². The van der Waals surface area contributed by atoms with Crippen LogP contribution >= 0.6 is 11.8 Å². The number of carbonyl (C=O) groups is 1. The van der Waals surface area contributed by atoms with Crippen molar-refractivity contribution in [1.82, 2.24) is 0 Å². The van der Waals surface area contributed by atoms with Crippen molar-refractivity contribution in [3.63, 3.8) is 0 Å². The lowest BCUT2D eigenvalue weighted by Crippen LogP contribution is -2.09. The number of thioether (sulfide) groups is 1. The zero-order valence-corrected chi connectivity index (χ0v) is 21.0. The Labute approximate surface area is 205 Å². The summed E-state index contributed by atoms with van der Waals surface area (Å²) in [6.07, 6.45) is 5.42. The van der Waals surface area contributed by atoms with Gasteiger partial charge in [-0.2, -0.15) is 0 Å². The smallest absolute Gasteiger partial charge is 0.248 e. The van der Waals surface area contributed by atoms with Crippen molar-refractivity contribution in [2.24, 2.45) is 0 Å². The third-order valence-corrected chi connectivity index (χ3v) is 6.63. The Morgan fingerprint density at radius 2 is 1.85 bits per heavy atom. The largest absolute Gasteiger partial charge is 0.493 e. The number of hydrogen-bond donors (Lipinski definition) is 1. The molecule has 0 aliphatic heterocycles. The molecule has 5 heteroatoms. The molecule has 0 saturated heterocycles.